The van der Waals surface area contributed by atoms with E-state index in [2.05, 4.69) is 27.8 Å². The molecule has 0 bridgehead atoms. The topological polar surface area (TPSA) is 93.2 Å². The van der Waals surface area contributed by atoms with Crippen LogP contribution in [0.2, 0.25) is 0 Å². The van der Waals surface area contributed by atoms with Crippen molar-refractivity contribution in [1.82, 2.24) is 10.2 Å². The fourth-order valence-corrected chi connectivity index (χ4v) is 4.57. The molecule has 2 heterocycles. The molecule has 0 fully saturated rings. The van der Waals surface area contributed by atoms with Crippen molar-refractivity contribution in [3.8, 4) is 0 Å². The number of nitrogens with zero attached hydrogens (tertiary/aromatic N) is 2. The lowest BCUT2D eigenvalue weighted by Gasteiger charge is -2.05. The van der Waals surface area contributed by atoms with Gasteiger partial charge < -0.3 is 15.4 Å². The highest BCUT2D eigenvalue weighted by atomic mass is 32.2. The molecule has 7 nitrogen and oxygen atoms in total. The number of rotatable bonds is 8. The van der Waals surface area contributed by atoms with Crippen LogP contribution in [-0.4, -0.2) is 41.5 Å². The van der Waals surface area contributed by atoms with Gasteiger partial charge in [-0.2, -0.15) is 0 Å². The Labute approximate surface area is 158 Å². The van der Waals surface area contributed by atoms with Crippen molar-refractivity contribution < 1.29 is 14.3 Å². The number of carbonyl (C=O) groups excluding carboxylic acids is 2. The zero-order chi connectivity index (χ0) is 18.4. The van der Waals surface area contributed by atoms with Gasteiger partial charge in [-0.05, 0) is 25.8 Å². The minimum absolute atomic E-state index is 0.193. The Morgan fingerprint density at radius 2 is 2.00 bits per heavy atom. The lowest BCUT2D eigenvalue weighted by Crippen LogP contribution is -2.16. The summed E-state index contributed by atoms with van der Waals surface area (Å²) in [6.45, 7) is 6.66. The SMILES string of the molecule is CCCNc1nnc(SCC(=O)Nc2sc(C)c(C)c2C(=O)OC)s1. The van der Waals surface area contributed by atoms with Gasteiger partial charge in [0.15, 0.2) is 4.34 Å². The first kappa shape index (κ1) is 19.7. The number of aryl methyl sites for hydroxylation is 1. The molecule has 0 atom stereocenters. The van der Waals surface area contributed by atoms with Crippen molar-refractivity contribution in [2.45, 2.75) is 31.5 Å². The first-order chi connectivity index (χ1) is 12.0. The van der Waals surface area contributed by atoms with E-state index in [1.807, 2.05) is 13.8 Å². The number of hydrogen-bond donors (Lipinski definition) is 2. The third kappa shape index (κ3) is 5.16. The van der Waals surface area contributed by atoms with Gasteiger partial charge in [0.25, 0.3) is 0 Å². The first-order valence-electron chi connectivity index (χ1n) is 7.64. The van der Waals surface area contributed by atoms with Gasteiger partial charge in [-0.15, -0.1) is 21.5 Å². The lowest BCUT2D eigenvalue weighted by molar-refractivity contribution is -0.113. The molecule has 2 N–H and O–H groups in total. The van der Waals surface area contributed by atoms with Crippen LogP contribution >= 0.6 is 34.4 Å². The van der Waals surface area contributed by atoms with Gasteiger partial charge in [0.2, 0.25) is 11.0 Å². The lowest BCUT2D eigenvalue weighted by atomic mass is 10.1. The van der Waals surface area contributed by atoms with Crippen LogP contribution < -0.4 is 10.6 Å². The number of carbonyl (C=O) groups is 2. The fraction of sp³-hybridized carbons (Fsp3) is 0.467. The quantitative estimate of drug-likeness (QED) is 0.517. The number of esters is 1. The van der Waals surface area contributed by atoms with Crippen molar-refractivity contribution in [2.75, 3.05) is 30.0 Å². The van der Waals surface area contributed by atoms with E-state index in [0.717, 1.165) is 32.9 Å². The molecule has 0 aromatic carbocycles. The van der Waals surface area contributed by atoms with Crippen molar-refractivity contribution in [3.05, 3.63) is 16.0 Å². The van der Waals surface area contributed by atoms with E-state index < -0.39 is 5.97 Å². The summed E-state index contributed by atoms with van der Waals surface area (Å²) >= 11 is 4.10. The van der Waals surface area contributed by atoms with E-state index >= 15 is 0 Å². The van der Waals surface area contributed by atoms with Crippen molar-refractivity contribution >= 4 is 56.4 Å². The molecule has 136 valence electrons. The van der Waals surface area contributed by atoms with Gasteiger partial charge in [-0.1, -0.05) is 30.0 Å². The van der Waals surface area contributed by atoms with Crippen LogP contribution in [0.3, 0.4) is 0 Å². The highest BCUT2D eigenvalue weighted by molar-refractivity contribution is 8.01. The maximum absolute atomic E-state index is 12.2. The second-order valence-electron chi connectivity index (χ2n) is 5.12. The number of amides is 1. The molecule has 0 saturated heterocycles. The predicted molar refractivity (Wildman–Crippen MR) is 103 cm³/mol. The van der Waals surface area contributed by atoms with Crippen LogP contribution in [0, 0.1) is 13.8 Å². The molecule has 10 heteroatoms. The Kier molecular flexibility index (Phi) is 7.21. The van der Waals surface area contributed by atoms with Crippen LogP contribution in [0.15, 0.2) is 4.34 Å². The molecule has 0 saturated carbocycles. The number of aromatic nitrogens is 2. The van der Waals surface area contributed by atoms with E-state index in [4.69, 9.17) is 4.74 Å². The van der Waals surface area contributed by atoms with Crippen molar-refractivity contribution in [3.63, 3.8) is 0 Å². The summed E-state index contributed by atoms with van der Waals surface area (Å²) in [4.78, 5) is 25.1. The Bertz CT molecular complexity index is 757. The van der Waals surface area contributed by atoms with E-state index in [9.17, 15) is 9.59 Å². The number of anilines is 2. The van der Waals surface area contributed by atoms with Crippen LogP contribution in [0.5, 0.6) is 0 Å². The number of thioether (sulfide) groups is 1. The Hall–Kier alpha value is -1.65. The molecule has 0 radical (unpaired) electrons. The summed E-state index contributed by atoms with van der Waals surface area (Å²) < 4.78 is 5.53. The third-order valence-electron chi connectivity index (χ3n) is 3.29. The Morgan fingerprint density at radius 1 is 1.24 bits per heavy atom. The van der Waals surface area contributed by atoms with E-state index in [1.54, 1.807) is 0 Å². The van der Waals surface area contributed by atoms with E-state index in [1.165, 1.54) is 41.5 Å². The fourth-order valence-electron chi connectivity index (χ4n) is 1.92. The smallest absolute Gasteiger partial charge is 0.341 e. The molecule has 0 aliphatic carbocycles. The third-order valence-corrected chi connectivity index (χ3v) is 6.42. The van der Waals surface area contributed by atoms with Crippen LogP contribution in [0.1, 0.15) is 34.1 Å². The number of thiophene rings is 1. The maximum Gasteiger partial charge on any atom is 0.341 e. The summed E-state index contributed by atoms with van der Waals surface area (Å²) in [6, 6.07) is 0. The van der Waals surface area contributed by atoms with Crippen molar-refractivity contribution in [2.24, 2.45) is 0 Å². The molecule has 2 aromatic rings. The van der Waals surface area contributed by atoms with Crippen LogP contribution in [0.4, 0.5) is 10.1 Å². The molecule has 0 aliphatic rings. The second-order valence-corrected chi connectivity index (χ2v) is 8.54. The average Bonchev–Trinajstić information content (AvgIpc) is 3.15. The minimum Gasteiger partial charge on any atom is -0.465 e. The summed E-state index contributed by atoms with van der Waals surface area (Å²) in [5.41, 5.74) is 1.25. The Morgan fingerprint density at radius 3 is 2.68 bits per heavy atom. The molecular weight excluding hydrogens is 380 g/mol. The molecule has 25 heavy (non-hydrogen) atoms. The highest BCUT2D eigenvalue weighted by Gasteiger charge is 2.21. The standard InChI is InChI=1S/C15H20N4O3S3/c1-5-6-16-14-18-19-15(25-14)23-7-10(20)17-12-11(13(21)22-4)8(2)9(3)24-12/h5-7H2,1-4H3,(H,16,18)(H,17,20). The molecule has 1 amide bonds. The van der Waals surface area contributed by atoms with E-state index in [0.29, 0.717) is 10.6 Å². The van der Waals surface area contributed by atoms with Gasteiger partial charge >= 0.3 is 5.97 Å². The normalized spacial score (nSPS) is 10.6. The number of ether oxygens (including phenoxy) is 1. The van der Waals surface area contributed by atoms with Crippen LogP contribution in [-0.2, 0) is 9.53 Å². The molecule has 0 unspecified atom stereocenters. The Balaban J connectivity index is 1.95. The molecule has 2 aromatic heterocycles. The average molecular weight is 401 g/mol. The highest BCUT2D eigenvalue weighted by Crippen LogP contribution is 2.33. The molecular formula is C15H20N4O3S3. The largest absolute Gasteiger partial charge is 0.465 e. The summed E-state index contributed by atoms with van der Waals surface area (Å²) in [5, 5.41) is 15.3. The minimum atomic E-state index is -0.444. The predicted octanol–water partition coefficient (Wildman–Crippen LogP) is 3.56. The molecule has 0 aliphatic heterocycles. The second kappa shape index (κ2) is 9.16. The van der Waals surface area contributed by atoms with Crippen LogP contribution in [0.25, 0.3) is 0 Å². The van der Waals surface area contributed by atoms with Gasteiger partial charge in [-0.25, -0.2) is 4.79 Å². The van der Waals surface area contributed by atoms with Crippen molar-refractivity contribution in [1.29, 1.82) is 0 Å². The summed E-state index contributed by atoms with van der Waals surface area (Å²) in [7, 11) is 1.33. The summed E-state index contributed by atoms with van der Waals surface area (Å²) in [6.07, 6.45) is 1.01. The number of methoxy groups -OCH3 is 1. The first-order valence-corrected chi connectivity index (χ1v) is 10.3. The van der Waals surface area contributed by atoms with Gasteiger partial charge in [0, 0.05) is 11.4 Å². The monoisotopic (exact) mass is 400 g/mol. The van der Waals surface area contributed by atoms with Gasteiger partial charge in [-0.3, -0.25) is 4.79 Å². The van der Waals surface area contributed by atoms with Gasteiger partial charge in [0.05, 0.1) is 18.4 Å². The molecule has 2 rings (SSSR count). The molecule has 0 spiro atoms. The number of hydrogen-bond acceptors (Lipinski definition) is 9. The van der Waals surface area contributed by atoms with Gasteiger partial charge in [0.1, 0.15) is 5.00 Å². The zero-order valence-electron chi connectivity index (χ0n) is 14.5. The maximum atomic E-state index is 12.2. The number of nitrogens with one attached hydrogen (secondary N) is 2. The van der Waals surface area contributed by atoms with E-state index in [-0.39, 0.29) is 11.7 Å². The summed E-state index contributed by atoms with van der Waals surface area (Å²) in [5.74, 6) is -0.450. The zero-order valence-corrected chi connectivity index (χ0v) is 16.9.